The van der Waals surface area contributed by atoms with Crippen LogP contribution < -0.4 is 25.1 Å². The highest BCUT2D eigenvalue weighted by atomic mass is 79.9. The fourth-order valence-electron chi connectivity index (χ4n) is 11.1. The van der Waals surface area contributed by atoms with Crippen LogP contribution in [0.1, 0.15) is 212 Å². The first-order chi connectivity index (χ1) is 54.9. The van der Waals surface area contributed by atoms with E-state index in [1.54, 1.807) is 30.3 Å². The van der Waals surface area contributed by atoms with E-state index in [4.69, 9.17) is 128 Å². The summed E-state index contributed by atoms with van der Waals surface area (Å²) in [4.78, 5) is 44.7. The Labute approximate surface area is 778 Å². The van der Waals surface area contributed by atoms with Crippen molar-refractivity contribution in [1.82, 2.24) is 15.0 Å². The maximum atomic E-state index is 11.1. The van der Waals surface area contributed by atoms with Gasteiger partial charge >= 0.3 is 42.3 Å². The van der Waals surface area contributed by atoms with Crippen molar-refractivity contribution in [2.24, 2.45) is 0 Å². The molecule has 21 nitrogen and oxygen atoms in total. The number of carbonyl (C=O) groups excluding carboxylic acids is 3. The van der Waals surface area contributed by atoms with Gasteiger partial charge in [0.2, 0.25) is 17.6 Å². The van der Waals surface area contributed by atoms with E-state index >= 15 is 0 Å². The first-order valence-corrected chi connectivity index (χ1v) is 42.8. The fraction of sp³-hybridized carbons (Fsp3) is 0.482. The number of pyridine rings is 3. The third-order valence-corrected chi connectivity index (χ3v) is 28.0. The number of hydrogen-bond donors (Lipinski definition) is 0. The summed E-state index contributed by atoms with van der Waals surface area (Å²) >= 11 is 43.8. The van der Waals surface area contributed by atoms with Crippen molar-refractivity contribution in [1.29, 1.82) is 0 Å². The maximum absolute atomic E-state index is 11.1. The number of ether oxygens (including phenoxy) is 3. The molecular weight excluding hydrogens is 1910 g/mol. The average molecular weight is 2030 g/mol. The Morgan fingerprint density at radius 2 is 0.529 bits per heavy atom. The van der Waals surface area contributed by atoms with Crippen molar-refractivity contribution >= 4 is 194 Å². The average Bonchev–Trinajstić information content (AvgIpc) is 1.60. The summed E-state index contributed by atoms with van der Waals surface area (Å²) in [6, 6.07) is 32.5. The minimum absolute atomic E-state index is 0. The van der Waals surface area contributed by atoms with Crippen LogP contribution in [0.2, 0.25) is 25.2 Å². The zero-order valence-electron chi connectivity index (χ0n) is 72.3. The van der Waals surface area contributed by atoms with Crippen LogP contribution in [0.15, 0.2) is 127 Å². The van der Waals surface area contributed by atoms with E-state index < -0.39 is 53.5 Å². The first-order valence-electron chi connectivity index (χ1n) is 37.8. The normalized spacial score (nSPS) is 19.6. The van der Waals surface area contributed by atoms with E-state index in [1.165, 1.54) is 27.4 Å². The lowest BCUT2D eigenvalue weighted by molar-refractivity contribution is 0.00578. The number of aldehydes is 3. The highest BCUT2D eigenvalue weighted by Crippen LogP contribution is 2.47. The van der Waals surface area contributed by atoms with E-state index in [0.717, 1.165) is 45.0 Å². The molecule has 0 radical (unpaired) electrons. The number of methoxy groups -OCH3 is 3. The molecule has 6 saturated heterocycles. The Morgan fingerprint density at radius 1 is 0.306 bits per heavy atom. The molecule has 0 amide bonds. The molecule has 0 saturated carbocycles. The Kier molecular flexibility index (Phi) is 38.8. The molecule has 121 heavy (non-hydrogen) atoms. The molecule has 656 valence electrons. The molecule has 0 atom stereocenters. The van der Waals surface area contributed by atoms with Crippen LogP contribution in [-0.2, 0) is 55.9 Å². The summed E-state index contributed by atoms with van der Waals surface area (Å²) in [5.74, 6) is 0.806. The summed E-state index contributed by atoms with van der Waals surface area (Å²) in [6.45, 7) is 48.5. The number of halogens is 9. The zero-order valence-corrected chi connectivity index (χ0v) is 82.5. The fourth-order valence-corrected chi connectivity index (χ4v) is 13.9. The van der Waals surface area contributed by atoms with Gasteiger partial charge in [0.05, 0.1) is 132 Å². The van der Waals surface area contributed by atoms with Gasteiger partial charge in [-0.15, -0.1) is 12.8 Å². The van der Waals surface area contributed by atoms with Crippen molar-refractivity contribution in [2.75, 3.05) is 21.3 Å². The molecule has 0 aliphatic carbocycles. The van der Waals surface area contributed by atoms with Crippen molar-refractivity contribution in [3.8, 4) is 53.0 Å². The third-order valence-electron chi connectivity index (χ3n) is 22.6. The SMILES string of the molecule is C.C.C#C.CC1(C)OB(B2OC(C)(C)C(C)(C)O2)OC1(C)C.CC1(C)OB(B2OC(C)(C)C(C)(C)O2)OC1(C)C.CC1(C)OB(c2cccc(Br)c2Cl)OC1(C)C.COc1nc(-c2cccc(B3OC(C)(C)C(C)(C)O3)c2Cl)ccc1C=O.COc1nc(-c2cccc(Br)c2Cl)ccc1C=O.COc1nc(Cl)ccc1C=O.Clc1c(Br)cccc1Br. The van der Waals surface area contributed by atoms with Crippen LogP contribution in [0.3, 0.4) is 0 Å². The lowest BCUT2D eigenvalue weighted by atomic mass is 9.49. The van der Waals surface area contributed by atoms with E-state index in [9.17, 15) is 14.4 Å². The van der Waals surface area contributed by atoms with Gasteiger partial charge in [0.25, 0.3) is 0 Å². The molecule has 6 aliphatic heterocycles. The second-order valence-electron chi connectivity index (χ2n) is 33.8. The minimum atomic E-state index is -0.566. The van der Waals surface area contributed by atoms with E-state index in [0.29, 0.717) is 73.0 Å². The summed E-state index contributed by atoms with van der Waals surface area (Å²) < 4.78 is 90.4. The molecule has 6 aliphatic rings. The van der Waals surface area contributed by atoms with Gasteiger partial charge in [0.1, 0.15) is 5.15 Å². The Bertz CT molecular complexity index is 4490. The van der Waals surface area contributed by atoms with Crippen LogP contribution in [0.5, 0.6) is 17.6 Å². The molecule has 0 spiro atoms. The standard InChI is InChI=1S/C19H21BClNO4.C13H9BrClNO2.2C12H24B2O4.C12H15BBrClO2.C7H6ClNO2.C6H3Br2Cl.C2H2.2CH4/c1-18(2)19(3,4)26-20(25-18)14-8-6-7-13(16(14)21)15-10-9-12(11-23)17(22-15)24-5;1-18-13-8(7-17)5-6-11(16-13)9-3-2-4-10(14)12(9)15;2*1-9(2)10(3,4)16-13(15-9)14-17-11(5,6)12(7,8)18-14;1-11(2)12(3,4)17-13(16-11)8-6-5-7-9(14)10(8)15;1-11-7-5(4-10)2-3-6(8)9-7;7-4-2-1-3-5(8)6(4)9;1-2;;/h6-11H,1-5H3;2-7H,1H3;2*1-8H3;5-7H,1-4H3;2-4H,1H3;1-3H;1-2H;2*1H4. The van der Waals surface area contributed by atoms with Crippen molar-refractivity contribution in [3.63, 3.8) is 0 Å². The molecule has 9 heterocycles. The minimum Gasteiger partial charge on any atom is -0.480 e. The number of benzene rings is 4. The van der Waals surface area contributed by atoms with Crippen molar-refractivity contribution < 1.29 is 84.4 Å². The molecule has 0 N–H and O–H groups in total. The Morgan fingerprint density at radius 3 is 0.810 bits per heavy atom. The number of rotatable bonds is 12. The molecule has 0 unspecified atom stereocenters. The number of nitrogens with zero attached hydrogens (tertiary/aromatic N) is 3. The third kappa shape index (κ3) is 25.8. The summed E-state index contributed by atoms with van der Waals surface area (Å²) in [6.07, 6.45) is 10.1. The van der Waals surface area contributed by atoms with E-state index in [-0.39, 0.29) is 82.6 Å². The number of hydrogen-bond acceptors (Lipinski definition) is 21. The summed E-state index contributed by atoms with van der Waals surface area (Å²) in [5.41, 5.74) is 1.08. The first kappa shape index (κ1) is 109. The quantitative estimate of drug-likeness (QED) is 0.0364. The monoisotopic (exact) mass is 2020 g/mol. The second-order valence-corrected chi connectivity index (χ2v) is 39.2. The van der Waals surface area contributed by atoms with Gasteiger partial charge in [-0.3, -0.25) is 14.4 Å². The van der Waals surface area contributed by atoms with Crippen molar-refractivity contribution in [3.05, 3.63) is 169 Å². The maximum Gasteiger partial charge on any atom is 0.496 e. The van der Waals surface area contributed by atoms with Crippen LogP contribution >= 0.6 is 122 Å². The Hall–Kier alpha value is -4.42. The molecule has 13 rings (SSSR count). The van der Waals surface area contributed by atoms with Crippen LogP contribution in [-0.4, -0.2) is 165 Å². The predicted octanol–water partition coefficient (Wildman–Crippen LogP) is 22.4. The molecule has 3 aromatic heterocycles. The van der Waals surface area contributed by atoms with Crippen LogP contribution in [0, 0.1) is 12.8 Å². The largest absolute Gasteiger partial charge is 0.496 e. The smallest absolute Gasteiger partial charge is 0.480 e. The van der Waals surface area contributed by atoms with Gasteiger partial charge in [-0.1, -0.05) is 121 Å². The van der Waals surface area contributed by atoms with Crippen molar-refractivity contribution in [2.45, 2.75) is 248 Å². The molecular formula is C85H112B6Br4Cl5N3O18. The zero-order chi connectivity index (χ0) is 90.2. The summed E-state index contributed by atoms with van der Waals surface area (Å²) in [5, 5.41) is 2.75. The van der Waals surface area contributed by atoms with E-state index in [1.807, 2.05) is 239 Å². The predicted molar refractivity (Wildman–Crippen MR) is 507 cm³/mol. The summed E-state index contributed by atoms with van der Waals surface area (Å²) in [7, 11) is 1.50. The van der Waals surface area contributed by atoms with Gasteiger partial charge in [-0.25, -0.2) is 15.0 Å². The van der Waals surface area contributed by atoms with Gasteiger partial charge in [-0.2, -0.15) is 0 Å². The molecule has 4 aromatic carbocycles. The molecule has 7 aromatic rings. The molecule has 36 heteroatoms. The number of carbonyl (C=O) groups is 3. The number of aromatic nitrogens is 3. The Balaban J connectivity index is 0.000000300. The highest BCUT2D eigenvalue weighted by molar-refractivity contribution is 9.11. The number of terminal acetylenes is 1. The van der Waals surface area contributed by atoms with Gasteiger partial charge in [-0.05, 0) is 291 Å². The lowest BCUT2D eigenvalue weighted by Crippen LogP contribution is -2.41. The topological polar surface area (TPSA) is 228 Å². The lowest BCUT2D eigenvalue weighted by Gasteiger charge is -2.32. The van der Waals surface area contributed by atoms with Crippen LogP contribution in [0.25, 0.3) is 22.5 Å². The van der Waals surface area contributed by atoms with Gasteiger partial charge in [0, 0.05) is 45.0 Å². The second kappa shape index (κ2) is 43.1. The van der Waals surface area contributed by atoms with Crippen LogP contribution in [0.4, 0.5) is 0 Å². The highest BCUT2D eigenvalue weighted by Gasteiger charge is 2.66. The van der Waals surface area contributed by atoms with E-state index in [2.05, 4.69) is 91.5 Å². The van der Waals surface area contributed by atoms with Gasteiger partial charge in [0.15, 0.2) is 18.9 Å². The molecule has 6 fully saturated rings. The van der Waals surface area contributed by atoms with Gasteiger partial charge < -0.3 is 70.1 Å². The molecule has 0 bridgehead atoms.